The van der Waals surface area contributed by atoms with Gasteiger partial charge in [-0.2, -0.15) is 5.26 Å². The molecular weight excluding hydrogens is 337 g/mol. The lowest BCUT2D eigenvalue weighted by molar-refractivity contribution is 0.0960. The van der Waals surface area contributed by atoms with Crippen LogP contribution in [0.25, 0.3) is 6.08 Å². The van der Waals surface area contributed by atoms with Crippen LogP contribution in [0.4, 0.5) is 4.39 Å². The zero-order valence-electron chi connectivity index (χ0n) is 14.7. The van der Waals surface area contributed by atoms with Crippen LogP contribution in [0.1, 0.15) is 39.4 Å². The number of hydrogen-bond acceptors (Lipinski definition) is 2. The lowest BCUT2D eigenvalue weighted by Crippen LogP contribution is -2.12. The number of nitrogens with zero attached hydrogens (tertiary/aromatic N) is 1. The average molecular weight is 355 g/mol. The van der Waals surface area contributed by atoms with Crippen LogP contribution in [-0.2, 0) is 0 Å². The minimum Gasteiger partial charge on any atom is -0.293 e. The Hall–Kier alpha value is -3.51. The summed E-state index contributed by atoms with van der Waals surface area (Å²) in [5.41, 5.74) is 2.91. The van der Waals surface area contributed by atoms with Gasteiger partial charge in [-0.1, -0.05) is 54.6 Å². The van der Waals surface area contributed by atoms with E-state index in [0.717, 1.165) is 11.1 Å². The smallest absolute Gasteiger partial charge is 0.170 e. The van der Waals surface area contributed by atoms with Gasteiger partial charge in [-0.3, -0.25) is 4.79 Å². The van der Waals surface area contributed by atoms with Gasteiger partial charge < -0.3 is 0 Å². The van der Waals surface area contributed by atoms with Crippen molar-refractivity contribution in [1.82, 2.24) is 0 Å². The van der Waals surface area contributed by atoms with Crippen molar-refractivity contribution >= 4 is 11.9 Å². The second-order valence-electron chi connectivity index (χ2n) is 6.21. The highest BCUT2D eigenvalue weighted by molar-refractivity contribution is 6.01. The third-order valence-electron chi connectivity index (χ3n) is 4.37. The van der Waals surface area contributed by atoms with E-state index in [1.807, 2.05) is 42.5 Å². The SMILES string of the molecule is N#Cc1ccc(C(C/C=C/c2ccccc2)C(=O)c2ccc(F)cc2)cc1. The Bertz CT molecular complexity index is 968. The second kappa shape index (κ2) is 8.73. The van der Waals surface area contributed by atoms with E-state index in [4.69, 9.17) is 5.26 Å². The van der Waals surface area contributed by atoms with E-state index >= 15 is 0 Å². The van der Waals surface area contributed by atoms with E-state index in [-0.39, 0.29) is 11.6 Å². The molecule has 1 atom stereocenters. The number of ketones is 1. The van der Waals surface area contributed by atoms with Crippen molar-refractivity contribution < 1.29 is 9.18 Å². The van der Waals surface area contributed by atoms with Gasteiger partial charge in [0, 0.05) is 5.56 Å². The quantitative estimate of drug-likeness (QED) is 0.527. The van der Waals surface area contributed by atoms with Crippen molar-refractivity contribution in [1.29, 1.82) is 5.26 Å². The molecule has 0 aliphatic heterocycles. The molecule has 1 unspecified atom stereocenters. The van der Waals surface area contributed by atoms with Crippen molar-refractivity contribution in [3.05, 3.63) is 113 Å². The van der Waals surface area contributed by atoms with Crippen LogP contribution in [0.5, 0.6) is 0 Å². The number of nitriles is 1. The Morgan fingerprint density at radius 1 is 0.963 bits per heavy atom. The number of carbonyl (C=O) groups is 1. The standard InChI is InChI=1S/C24H18FNO/c25-22-15-13-21(14-16-22)24(27)23(20-11-9-19(17-26)10-12-20)8-4-7-18-5-2-1-3-6-18/h1-7,9-16,23H,8H2/b7-4+. The third kappa shape index (κ3) is 4.77. The van der Waals surface area contributed by atoms with E-state index in [2.05, 4.69) is 6.07 Å². The van der Waals surface area contributed by atoms with Crippen LogP contribution >= 0.6 is 0 Å². The number of hydrogen-bond donors (Lipinski definition) is 0. The first-order valence-corrected chi connectivity index (χ1v) is 8.69. The highest BCUT2D eigenvalue weighted by Gasteiger charge is 2.21. The molecule has 3 heteroatoms. The molecule has 0 N–H and O–H groups in total. The minimum absolute atomic E-state index is 0.0718. The van der Waals surface area contributed by atoms with Gasteiger partial charge in [0.25, 0.3) is 0 Å². The number of benzene rings is 3. The summed E-state index contributed by atoms with van der Waals surface area (Å²) in [5.74, 6) is -0.842. The van der Waals surface area contributed by atoms with E-state index in [1.54, 1.807) is 24.3 Å². The van der Waals surface area contributed by atoms with Gasteiger partial charge in [-0.15, -0.1) is 0 Å². The Balaban J connectivity index is 1.87. The summed E-state index contributed by atoms with van der Waals surface area (Å²) in [6, 6.07) is 24.6. The van der Waals surface area contributed by atoms with Crippen LogP contribution in [0, 0.1) is 17.1 Å². The van der Waals surface area contributed by atoms with Crippen LogP contribution in [0.2, 0.25) is 0 Å². The van der Waals surface area contributed by atoms with Gasteiger partial charge in [-0.05, 0) is 53.9 Å². The Morgan fingerprint density at radius 3 is 2.26 bits per heavy atom. The molecule has 3 aromatic rings. The Kier molecular flexibility index (Phi) is 5.91. The second-order valence-corrected chi connectivity index (χ2v) is 6.21. The minimum atomic E-state index is -0.400. The molecule has 0 aliphatic carbocycles. The molecule has 3 rings (SSSR count). The molecule has 0 radical (unpaired) electrons. The van der Waals surface area contributed by atoms with Gasteiger partial charge in [0.15, 0.2) is 5.78 Å². The highest BCUT2D eigenvalue weighted by Crippen LogP contribution is 2.26. The average Bonchev–Trinajstić information content (AvgIpc) is 2.72. The maximum atomic E-state index is 13.2. The normalized spacial score (nSPS) is 11.9. The first-order valence-electron chi connectivity index (χ1n) is 8.69. The van der Waals surface area contributed by atoms with E-state index in [0.29, 0.717) is 17.5 Å². The number of allylic oxidation sites excluding steroid dienone is 1. The lowest BCUT2D eigenvalue weighted by atomic mass is 9.87. The van der Waals surface area contributed by atoms with Crippen molar-refractivity contribution in [2.75, 3.05) is 0 Å². The largest absolute Gasteiger partial charge is 0.293 e. The van der Waals surface area contributed by atoms with Crippen LogP contribution in [-0.4, -0.2) is 5.78 Å². The van der Waals surface area contributed by atoms with Crippen molar-refractivity contribution in [3.8, 4) is 6.07 Å². The molecule has 0 fully saturated rings. The van der Waals surface area contributed by atoms with Crippen molar-refractivity contribution in [3.63, 3.8) is 0 Å². The number of halogens is 1. The lowest BCUT2D eigenvalue weighted by Gasteiger charge is -2.15. The maximum Gasteiger partial charge on any atom is 0.170 e. The molecule has 132 valence electrons. The molecule has 0 heterocycles. The van der Waals surface area contributed by atoms with Crippen LogP contribution in [0.3, 0.4) is 0 Å². The summed E-state index contributed by atoms with van der Waals surface area (Å²) in [5, 5.41) is 8.98. The van der Waals surface area contributed by atoms with Crippen molar-refractivity contribution in [2.45, 2.75) is 12.3 Å². The monoisotopic (exact) mass is 355 g/mol. The topological polar surface area (TPSA) is 40.9 Å². The molecule has 2 nitrogen and oxygen atoms in total. The fourth-order valence-corrected chi connectivity index (χ4v) is 2.90. The summed E-state index contributed by atoms with van der Waals surface area (Å²) in [6.07, 6.45) is 4.46. The zero-order valence-corrected chi connectivity index (χ0v) is 14.7. The maximum absolute atomic E-state index is 13.2. The number of Topliss-reactive ketones (excluding diaryl/α,β-unsaturated/α-hetero) is 1. The summed E-state index contributed by atoms with van der Waals surface area (Å²) >= 11 is 0. The molecule has 0 amide bonds. The van der Waals surface area contributed by atoms with Crippen molar-refractivity contribution in [2.24, 2.45) is 0 Å². The van der Waals surface area contributed by atoms with Crippen LogP contribution in [0.15, 0.2) is 84.9 Å². The Labute approximate surface area is 158 Å². The highest BCUT2D eigenvalue weighted by atomic mass is 19.1. The van der Waals surface area contributed by atoms with Gasteiger partial charge in [0.1, 0.15) is 5.82 Å². The van der Waals surface area contributed by atoms with Crippen LogP contribution < -0.4 is 0 Å². The molecule has 0 saturated carbocycles. The zero-order chi connectivity index (χ0) is 19.1. The third-order valence-corrected chi connectivity index (χ3v) is 4.37. The molecule has 0 bridgehead atoms. The van der Waals surface area contributed by atoms with E-state index < -0.39 is 5.92 Å². The number of carbonyl (C=O) groups excluding carboxylic acids is 1. The molecule has 27 heavy (non-hydrogen) atoms. The summed E-state index contributed by atoms with van der Waals surface area (Å²) < 4.78 is 13.2. The molecule has 0 aromatic heterocycles. The molecule has 0 saturated heterocycles. The predicted octanol–water partition coefficient (Wildman–Crippen LogP) is 5.77. The fraction of sp³-hybridized carbons (Fsp3) is 0.0833. The first-order chi connectivity index (χ1) is 13.2. The molecule has 3 aromatic carbocycles. The molecule has 0 spiro atoms. The van der Waals surface area contributed by atoms with E-state index in [9.17, 15) is 9.18 Å². The van der Waals surface area contributed by atoms with Gasteiger partial charge in [0.2, 0.25) is 0 Å². The summed E-state index contributed by atoms with van der Waals surface area (Å²) in [6.45, 7) is 0. The van der Waals surface area contributed by atoms with E-state index in [1.165, 1.54) is 24.3 Å². The predicted molar refractivity (Wildman–Crippen MR) is 105 cm³/mol. The molecular formula is C24H18FNO. The van der Waals surface area contributed by atoms with Gasteiger partial charge in [-0.25, -0.2) is 4.39 Å². The van der Waals surface area contributed by atoms with Gasteiger partial charge >= 0.3 is 0 Å². The molecule has 0 aliphatic rings. The Morgan fingerprint density at radius 2 is 1.63 bits per heavy atom. The van der Waals surface area contributed by atoms with Gasteiger partial charge in [0.05, 0.1) is 17.6 Å². The summed E-state index contributed by atoms with van der Waals surface area (Å²) in [7, 11) is 0. The first kappa shape index (κ1) is 18.3. The fourth-order valence-electron chi connectivity index (χ4n) is 2.90. The summed E-state index contributed by atoms with van der Waals surface area (Å²) in [4.78, 5) is 13.0. The number of rotatable bonds is 6.